The minimum absolute atomic E-state index is 0.266. The highest BCUT2D eigenvalue weighted by atomic mass is 35.5. The van der Waals surface area contributed by atoms with Crippen LogP contribution < -0.4 is 10.4 Å². The molecule has 0 saturated carbocycles. The fraction of sp³-hybridized carbons (Fsp3) is 0.238. The van der Waals surface area contributed by atoms with Crippen molar-refractivity contribution in [3.8, 4) is 5.75 Å². The van der Waals surface area contributed by atoms with Gasteiger partial charge < -0.3 is 13.9 Å². The lowest BCUT2D eigenvalue weighted by atomic mass is 10.1. The summed E-state index contributed by atoms with van der Waals surface area (Å²) in [5.41, 5.74) is 3.35. The van der Waals surface area contributed by atoms with Gasteiger partial charge in [0.25, 0.3) is 0 Å². The first kappa shape index (κ1) is 17.6. The Morgan fingerprint density at radius 1 is 1.15 bits per heavy atom. The maximum absolute atomic E-state index is 12.1. The van der Waals surface area contributed by atoms with E-state index in [1.54, 1.807) is 36.4 Å². The molecule has 4 rings (SSSR count). The van der Waals surface area contributed by atoms with E-state index in [1.165, 1.54) is 7.11 Å². The average molecular weight is 385 g/mol. The fourth-order valence-electron chi connectivity index (χ4n) is 3.41. The number of ether oxygens (including phenoxy) is 2. The van der Waals surface area contributed by atoms with E-state index in [0.717, 1.165) is 41.3 Å². The van der Waals surface area contributed by atoms with Crippen molar-refractivity contribution in [3.05, 3.63) is 74.1 Å². The first-order valence-electron chi connectivity index (χ1n) is 8.65. The van der Waals surface area contributed by atoms with E-state index >= 15 is 0 Å². The second-order valence-corrected chi connectivity index (χ2v) is 6.86. The van der Waals surface area contributed by atoms with Gasteiger partial charge in [0.2, 0.25) is 0 Å². The molecule has 0 amide bonds. The van der Waals surface area contributed by atoms with Gasteiger partial charge in [-0.05, 0) is 48.6 Å². The van der Waals surface area contributed by atoms with Crippen LogP contribution in [0.4, 0.5) is 0 Å². The van der Waals surface area contributed by atoms with Crippen molar-refractivity contribution >= 4 is 28.5 Å². The Labute approximate surface area is 160 Å². The molecule has 0 aliphatic heterocycles. The van der Waals surface area contributed by atoms with Gasteiger partial charge in [-0.3, -0.25) is 0 Å². The summed E-state index contributed by atoms with van der Waals surface area (Å²) in [5.74, 6) is 0.0601. The number of benzene rings is 2. The minimum Gasteiger partial charge on any atom is -0.487 e. The molecule has 6 heteroatoms. The molecule has 5 nitrogen and oxygen atoms in total. The highest BCUT2D eigenvalue weighted by Crippen LogP contribution is 2.35. The summed E-state index contributed by atoms with van der Waals surface area (Å²) >= 11 is 6.39. The van der Waals surface area contributed by atoms with Crippen molar-refractivity contribution in [2.45, 2.75) is 25.9 Å². The number of hydrogen-bond acceptors (Lipinski definition) is 5. The van der Waals surface area contributed by atoms with Gasteiger partial charge in [0, 0.05) is 17.0 Å². The molecular weight excluding hydrogens is 368 g/mol. The molecule has 0 spiro atoms. The Balaban J connectivity index is 1.59. The number of halogens is 1. The van der Waals surface area contributed by atoms with Gasteiger partial charge in [-0.15, -0.1) is 0 Å². The van der Waals surface area contributed by atoms with E-state index < -0.39 is 0 Å². The molecule has 1 aromatic heterocycles. The Kier molecular flexibility index (Phi) is 4.62. The van der Waals surface area contributed by atoms with Crippen molar-refractivity contribution in [3.63, 3.8) is 0 Å². The SMILES string of the molecule is COC(=O)c1ccc(COc2cc3oc(=O)c4c(c3cc2Cl)CCC4)cc1. The van der Waals surface area contributed by atoms with Gasteiger partial charge in [-0.2, -0.15) is 0 Å². The molecule has 27 heavy (non-hydrogen) atoms. The summed E-state index contributed by atoms with van der Waals surface area (Å²) in [7, 11) is 1.34. The number of aryl methyl sites for hydroxylation is 1. The quantitative estimate of drug-likeness (QED) is 0.495. The van der Waals surface area contributed by atoms with Crippen molar-refractivity contribution < 1.29 is 18.7 Å². The highest BCUT2D eigenvalue weighted by Gasteiger charge is 2.21. The number of fused-ring (bicyclic) bond motifs is 3. The minimum atomic E-state index is -0.386. The average Bonchev–Trinajstić information content (AvgIpc) is 3.18. The molecule has 1 heterocycles. The van der Waals surface area contributed by atoms with Crippen LogP contribution in [-0.4, -0.2) is 13.1 Å². The van der Waals surface area contributed by atoms with Crippen LogP contribution in [0, 0.1) is 0 Å². The zero-order valence-corrected chi connectivity index (χ0v) is 15.5. The third-order valence-corrected chi connectivity index (χ3v) is 5.09. The highest BCUT2D eigenvalue weighted by molar-refractivity contribution is 6.32. The third-order valence-electron chi connectivity index (χ3n) is 4.80. The van der Waals surface area contributed by atoms with Crippen molar-refractivity contribution in [2.75, 3.05) is 7.11 Å². The molecule has 138 valence electrons. The van der Waals surface area contributed by atoms with Crippen LogP contribution in [0.5, 0.6) is 5.75 Å². The predicted molar refractivity (Wildman–Crippen MR) is 102 cm³/mol. The zero-order chi connectivity index (χ0) is 19.0. The van der Waals surface area contributed by atoms with Crippen molar-refractivity contribution in [1.82, 2.24) is 0 Å². The summed E-state index contributed by atoms with van der Waals surface area (Å²) < 4.78 is 15.9. The molecule has 0 unspecified atom stereocenters. The summed E-state index contributed by atoms with van der Waals surface area (Å²) in [6, 6.07) is 10.4. The molecule has 0 N–H and O–H groups in total. The third kappa shape index (κ3) is 3.30. The molecule has 0 bridgehead atoms. The van der Waals surface area contributed by atoms with Crippen LogP contribution in [0.3, 0.4) is 0 Å². The fourth-order valence-corrected chi connectivity index (χ4v) is 3.63. The first-order valence-corrected chi connectivity index (χ1v) is 9.03. The number of esters is 1. The Bertz CT molecular complexity index is 1080. The lowest BCUT2D eigenvalue weighted by Crippen LogP contribution is -2.07. The van der Waals surface area contributed by atoms with E-state index in [0.29, 0.717) is 21.9 Å². The molecule has 1 aliphatic rings. The summed E-state index contributed by atoms with van der Waals surface area (Å²) in [6.45, 7) is 0.266. The molecule has 3 aromatic rings. The number of carbonyl (C=O) groups excluding carboxylic acids is 1. The van der Waals surface area contributed by atoms with Gasteiger partial charge in [0.05, 0.1) is 17.7 Å². The normalized spacial score (nSPS) is 12.8. The molecule has 0 saturated heterocycles. The number of rotatable bonds is 4. The smallest absolute Gasteiger partial charge is 0.339 e. The van der Waals surface area contributed by atoms with Crippen LogP contribution in [0.1, 0.15) is 33.5 Å². The number of methoxy groups -OCH3 is 1. The van der Waals surface area contributed by atoms with Crippen molar-refractivity contribution in [2.24, 2.45) is 0 Å². The zero-order valence-electron chi connectivity index (χ0n) is 14.7. The molecular formula is C21H17ClO5. The lowest BCUT2D eigenvalue weighted by molar-refractivity contribution is 0.0600. The summed E-state index contributed by atoms with van der Waals surface area (Å²) in [4.78, 5) is 23.6. The molecule has 1 aliphatic carbocycles. The largest absolute Gasteiger partial charge is 0.487 e. The van der Waals surface area contributed by atoms with Gasteiger partial charge in [-0.1, -0.05) is 23.7 Å². The summed E-state index contributed by atoms with van der Waals surface area (Å²) in [5, 5.41) is 1.35. The Morgan fingerprint density at radius 2 is 1.89 bits per heavy atom. The molecule has 0 fully saturated rings. The predicted octanol–water partition coefficient (Wildman–Crippen LogP) is 4.30. The van der Waals surface area contributed by atoms with E-state index in [1.807, 2.05) is 0 Å². The second-order valence-electron chi connectivity index (χ2n) is 6.46. The van der Waals surface area contributed by atoms with Gasteiger partial charge >= 0.3 is 11.6 Å². The number of hydrogen-bond donors (Lipinski definition) is 0. The maximum atomic E-state index is 12.1. The number of carbonyl (C=O) groups is 1. The van der Waals surface area contributed by atoms with Gasteiger partial charge in [0.15, 0.2) is 0 Å². The van der Waals surface area contributed by atoms with Crippen LogP contribution in [0.15, 0.2) is 45.6 Å². The van der Waals surface area contributed by atoms with Crippen LogP contribution in [0.2, 0.25) is 5.02 Å². The van der Waals surface area contributed by atoms with Crippen molar-refractivity contribution in [1.29, 1.82) is 0 Å². The lowest BCUT2D eigenvalue weighted by Gasteiger charge is -2.11. The first-order chi connectivity index (χ1) is 13.1. The molecule has 0 radical (unpaired) electrons. The van der Waals surface area contributed by atoms with Crippen LogP contribution in [0.25, 0.3) is 11.0 Å². The topological polar surface area (TPSA) is 65.7 Å². The van der Waals surface area contributed by atoms with Crippen LogP contribution in [-0.2, 0) is 24.2 Å². The van der Waals surface area contributed by atoms with E-state index in [4.69, 9.17) is 20.8 Å². The standard InChI is InChI=1S/C21H17ClO5/c1-25-20(23)13-7-5-12(6-8-13)11-26-19-10-18-16(9-17(19)22)14-3-2-4-15(14)21(24)27-18/h5-10H,2-4,11H2,1H3. The van der Waals surface area contributed by atoms with E-state index in [9.17, 15) is 9.59 Å². The molecule has 2 aromatic carbocycles. The van der Waals surface area contributed by atoms with E-state index in [-0.39, 0.29) is 18.2 Å². The maximum Gasteiger partial charge on any atom is 0.339 e. The van der Waals surface area contributed by atoms with Crippen LogP contribution >= 0.6 is 11.6 Å². The van der Waals surface area contributed by atoms with E-state index in [2.05, 4.69) is 4.74 Å². The monoisotopic (exact) mass is 384 g/mol. The van der Waals surface area contributed by atoms with Gasteiger partial charge in [0.1, 0.15) is 17.9 Å². The summed E-state index contributed by atoms with van der Waals surface area (Å²) in [6.07, 6.45) is 2.57. The Hall–Kier alpha value is -2.79. The second kappa shape index (κ2) is 7.08. The Morgan fingerprint density at radius 3 is 2.63 bits per heavy atom. The molecule has 0 atom stereocenters. The van der Waals surface area contributed by atoms with Gasteiger partial charge in [-0.25, -0.2) is 9.59 Å².